The first-order chi connectivity index (χ1) is 21.4. The monoisotopic (exact) mass is 624 g/mol. The summed E-state index contributed by atoms with van der Waals surface area (Å²) in [7, 11) is 0. The Hall–Kier alpha value is -0.600. The van der Waals surface area contributed by atoms with Crippen molar-refractivity contribution < 1.29 is 17.6 Å². The van der Waals surface area contributed by atoms with E-state index in [0.717, 1.165) is 25.7 Å². The highest BCUT2D eigenvalue weighted by Crippen LogP contribution is 2.46. The van der Waals surface area contributed by atoms with Gasteiger partial charge in [0.15, 0.2) is 0 Å². The third-order valence-corrected chi connectivity index (χ3v) is 13.9. The number of halogens is 4. The van der Waals surface area contributed by atoms with E-state index in [-0.39, 0.29) is 84.8 Å². The predicted octanol–water partition coefficient (Wildman–Crippen LogP) is 2.40. The maximum Gasteiger partial charge on any atom is 0.101 e. The van der Waals surface area contributed by atoms with E-state index in [4.69, 9.17) is 0 Å². The van der Waals surface area contributed by atoms with Crippen molar-refractivity contribution in [2.45, 2.75) is 151 Å². The molecule has 4 aliphatic carbocycles. The largest absolute Gasteiger partial charge is 0.286 e. The molecule has 0 aromatic carbocycles. The van der Waals surface area contributed by atoms with E-state index in [9.17, 15) is 17.6 Å². The molecule has 4 saturated carbocycles. The summed E-state index contributed by atoms with van der Waals surface area (Å²) in [5, 5.41) is 31.1. The lowest BCUT2D eigenvalue weighted by atomic mass is 9.75. The normalized spacial score (nSPS) is 60.3. The van der Waals surface area contributed by atoms with Crippen LogP contribution in [-0.4, -0.2) is 74.0 Å². The Labute approximate surface area is 258 Å². The van der Waals surface area contributed by atoms with Crippen molar-refractivity contribution in [1.82, 2.24) is 42.5 Å². The Morgan fingerprint density at radius 3 is 0.636 bits per heavy atom. The van der Waals surface area contributed by atoms with Crippen molar-refractivity contribution in [2.24, 2.45) is 47.3 Å². The van der Waals surface area contributed by atoms with Gasteiger partial charge < -0.3 is 0 Å². The summed E-state index contributed by atoms with van der Waals surface area (Å²) in [5.41, 5.74) is 0. The molecular formula is C32H52F4N8. The standard InChI is InChI=1S/C32H52F4N8/c33-13-1-5-17-21(9-13)29-38-25(17)37-26-18-6-2-15(35)11-23(18)31(39-26)44-32-24-12-16(36)4-8-20(24)28(43-32)42-30-22-10-14(34)3-7-19(22)27(40-29)41-30/h13-32,37-44H,1-12H2. The summed E-state index contributed by atoms with van der Waals surface area (Å²) in [6, 6.07) is 0. The molecule has 9 fully saturated rings. The molecule has 44 heavy (non-hydrogen) atoms. The van der Waals surface area contributed by atoms with Gasteiger partial charge in [-0.15, -0.1) is 0 Å². The van der Waals surface area contributed by atoms with Crippen molar-refractivity contribution in [3.8, 4) is 0 Å². The lowest BCUT2D eigenvalue weighted by molar-refractivity contribution is 0.101. The number of hydrogen-bond donors (Lipinski definition) is 8. The first-order valence-corrected chi connectivity index (χ1v) is 18.0. The molecule has 0 aromatic heterocycles. The third-order valence-electron chi connectivity index (χ3n) is 13.9. The second-order valence-corrected chi connectivity index (χ2v) is 16.1. The van der Waals surface area contributed by atoms with E-state index in [0.29, 0.717) is 63.2 Å². The molecule has 8 nitrogen and oxygen atoms in total. The summed E-state index contributed by atoms with van der Waals surface area (Å²) in [6.45, 7) is 0. The average molecular weight is 625 g/mol. The molecule has 5 saturated heterocycles. The number of rotatable bonds is 0. The van der Waals surface area contributed by atoms with Gasteiger partial charge in [-0.3, -0.25) is 42.5 Å². The van der Waals surface area contributed by atoms with E-state index < -0.39 is 24.7 Å². The van der Waals surface area contributed by atoms with Crippen molar-refractivity contribution in [1.29, 1.82) is 0 Å². The minimum atomic E-state index is -0.805. The minimum absolute atomic E-state index is 0.000641. The smallest absolute Gasteiger partial charge is 0.101 e. The van der Waals surface area contributed by atoms with Gasteiger partial charge in [-0.2, -0.15) is 0 Å². The fourth-order valence-electron chi connectivity index (χ4n) is 11.8. The summed E-state index contributed by atoms with van der Waals surface area (Å²) >= 11 is 0. The molecule has 20 unspecified atom stereocenters. The van der Waals surface area contributed by atoms with Crippen LogP contribution >= 0.6 is 0 Å². The van der Waals surface area contributed by atoms with Crippen LogP contribution in [0.3, 0.4) is 0 Å². The first-order valence-electron chi connectivity index (χ1n) is 18.0. The van der Waals surface area contributed by atoms with Crippen molar-refractivity contribution in [3.05, 3.63) is 0 Å². The zero-order valence-corrected chi connectivity index (χ0v) is 25.5. The second kappa shape index (κ2) is 11.5. The predicted molar refractivity (Wildman–Crippen MR) is 158 cm³/mol. The second-order valence-electron chi connectivity index (χ2n) is 16.1. The topological polar surface area (TPSA) is 96.2 Å². The number of alkyl halides is 4. The van der Waals surface area contributed by atoms with E-state index in [1.165, 1.54) is 0 Å². The Kier molecular flexibility index (Phi) is 7.74. The quantitative estimate of drug-likeness (QED) is 0.195. The highest BCUT2D eigenvalue weighted by molar-refractivity contribution is 5.09. The van der Waals surface area contributed by atoms with Gasteiger partial charge in [0.1, 0.15) is 24.7 Å². The Morgan fingerprint density at radius 2 is 0.432 bits per heavy atom. The van der Waals surface area contributed by atoms with Crippen molar-refractivity contribution in [2.75, 3.05) is 0 Å². The van der Waals surface area contributed by atoms with E-state index in [1.54, 1.807) is 0 Å². The minimum Gasteiger partial charge on any atom is -0.286 e. The lowest BCUT2D eigenvalue weighted by Gasteiger charge is -2.36. The molecule has 5 heterocycles. The van der Waals surface area contributed by atoms with E-state index >= 15 is 0 Å². The molecule has 0 aromatic rings. The molecule has 0 spiro atoms. The molecule has 9 aliphatic rings. The Morgan fingerprint density at radius 1 is 0.250 bits per heavy atom. The molecule has 9 rings (SSSR count). The zero-order chi connectivity index (χ0) is 29.7. The van der Waals surface area contributed by atoms with Crippen LogP contribution in [0.4, 0.5) is 17.6 Å². The zero-order valence-electron chi connectivity index (χ0n) is 25.5. The molecule has 0 amide bonds. The van der Waals surface area contributed by atoms with Crippen LogP contribution in [0.15, 0.2) is 0 Å². The summed E-state index contributed by atoms with van der Waals surface area (Å²) in [4.78, 5) is 0. The van der Waals surface area contributed by atoms with Gasteiger partial charge in [-0.05, 0) is 124 Å². The SMILES string of the molecule is FC1CCC2C3NC4NC(NC5NC(NC6NC(NC(N3)C2C1)C1CCC(F)CC61)C1CCC(F)CC51)C1CC(F)CCC41. The van der Waals surface area contributed by atoms with Gasteiger partial charge in [0.2, 0.25) is 0 Å². The fraction of sp³-hybridized carbons (Fsp3) is 1.00. The molecule has 0 radical (unpaired) electrons. The molecular weight excluding hydrogens is 572 g/mol. The van der Waals surface area contributed by atoms with Gasteiger partial charge in [0.25, 0.3) is 0 Å². The number of fused-ring (bicyclic) bond motifs is 20. The fourth-order valence-corrected chi connectivity index (χ4v) is 11.8. The molecule has 8 N–H and O–H groups in total. The molecule has 5 aliphatic heterocycles. The van der Waals surface area contributed by atoms with E-state index in [2.05, 4.69) is 42.5 Å². The highest BCUT2D eigenvalue weighted by atomic mass is 19.1. The summed E-state index contributed by atoms with van der Waals surface area (Å²) in [6.07, 6.45) is 4.31. The van der Waals surface area contributed by atoms with Crippen LogP contribution < -0.4 is 42.5 Å². The molecule has 248 valence electrons. The maximum absolute atomic E-state index is 14.9. The van der Waals surface area contributed by atoms with Gasteiger partial charge in [0.05, 0.1) is 49.3 Å². The summed E-state index contributed by atoms with van der Waals surface area (Å²) in [5.74, 6) is 1.72. The third kappa shape index (κ3) is 5.07. The van der Waals surface area contributed by atoms with Crippen LogP contribution in [0, 0.1) is 47.3 Å². The van der Waals surface area contributed by atoms with Crippen LogP contribution in [0.25, 0.3) is 0 Å². The molecule has 20 atom stereocenters. The molecule has 12 heteroatoms. The van der Waals surface area contributed by atoms with Crippen LogP contribution in [0.2, 0.25) is 0 Å². The van der Waals surface area contributed by atoms with Crippen LogP contribution in [0.1, 0.15) is 77.0 Å². The van der Waals surface area contributed by atoms with Crippen LogP contribution in [0.5, 0.6) is 0 Å². The molecule has 8 bridgehead atoms. The van der Waals surface area contributed by atoms with E-state index in [1.807, 2.05) is 0 Å². The maximum atomic E-state index is 14.9. The average Bonchev–Trinajstić information content (AvgIpc) is 3.71. The number of hydrogen-bond acceptors (Lipinski definition) is 8. The van der Waals surface area contributed by atoms with Gasteiger partial charge in [-0.25, -0.2) is 17.6 Å². The highest BCUT2D eigenvalue weighted by Gasteiger charge is 2.56. The van der Waals surface area contributed by atoms with Gasteiger partial charge in [0, 0.05) is 0 Å². The van der Waals surface area contributed by atoms with Crippen LogP contribution in [-0.2, 0) is 0 Å². The first kappa shape index (κ1) is 29.5. The lowest BCUT2D eigenvalue weighted by Crippen LogP contribution is -2.61. The number of nitrogens with one attached hydrogen (secondary N) is 8. The van der Waals surface area contributed by atoms with Gasteiger partial charge >= 0.3 is 0 Å². The Balaban J connectivity index is 1.06. The van der Waals surface area contributed by atoms with Crippen molar-refractivity contribution in [3.63, 3.8) is 0 Å². The van der Waals surface area contributed by atoms with Gasteiger partial charge in [-0.1, -0.05) is 0 Å². The Bertz CT molecular complexity index is 1060. The summed E-state index contributed by atoms with van der Waals surface area (Å²) < 4.78 is 59.6. The van der Waals surface area contributed by atoms with Crippen molar-refractivity contribution >= 4 is 0 Å².